The van der Waals surface area contributed by atoms with Crippen LogP contribution in [0.3, 0.4) is 0 Å². The fourth-order valence-electron chi connectivity index (χ4n) is 2.29. The standard InChI is InChI=1S/C12H26N2/c1-4-12(7-13)5-6-14-8-10(2)11(3)9-14/h10-12H,4-9,13H2,1-3H3. The van der Waals surface area contributed by atoms with Crippen LogP contribution >= 0.6 is 0 Å². The van der Waals surface area contributed by atoms with Gasteiger partial charge in [0.05, 0.1) is 0 Å². The van der Waals surface area contributed by atoms with Crippen LogP contribution in [0.4, 0.5) is 0 Å². The molecular weight excluding hydrogens is 172 g/mol. The van der Waals surface area contributed by atoms with Gasteiger partial charge < -0.3 is 10.6 Å². The molecule has 2 heteroatoms. The van der Waals surface area contributed by atoms with Crippen molar-refractivity contribution in [1.82, 2.24) is 4.90 Å². The lowest BCUT2D eigenvalue weighted by molar-refractivity contribution is 0.290. The highest BCUT2D eigenvalue weighted by Crippen LogP contribution is 2.22. The molecule has 0 aromatic rings. The normalized spacial score (nSPS) is 30.9. The summed E-state index contributed by atoms with van der Waals surface area (Å²) in [5.41, 5.74) is 5.70. The molecule has 3 atom stereocenters. The molecule has 1 heterocycles. The summed E-state index contributed by atoms with van der Waals surface area (Å²) in [6.45, 7) is 11.7. The van der Waals surface area contributed by atoms with Gasteiger partial charge in [-0.2, -0.15) is 0 Å². The molecule has 1 rings (SSSR count). The minimum atomic E-state index is 0.737. The van der Waals surface area contributed by atoms with Crippen molar-refractivity contribution >= 4 is 0 Å². The monoisotopic (exact) mass is 198 g/mol. The predicted octanol–water partition coefficient (Wildman–Crippen LogP) is 1.95. The van der Waals surface area contributed by atoms with Crippen molar-refractivity contribution in [3.63, 3.8) is 0 Å². The first-order chi connectivity index (χ1) is 6.67. The van der Waals surface area contributed by atoms with Gasteiger partial charge in [-0.05, 0) is 37.3 Å². The second-order valence-corrected chi connectivity index (χ2v) is 5.01. The quantitative estimate of drug-likeness (QED) is 0.731. The van der Waals surface area contributed by atoms with Crippen LogP contribution in [0.1, 0.15) is 33.6 Å². The molecule has 0 amide bonds. The zero-order valence-corrected chi connectivity index (χ0v) is 10.00. The van der Waals surface area contributed by atoms with E-state index < -0.39 is 0 Å². The molecule has 0 aromatic heterocycles. The van der Waals surface area contributed by atoms with Crippen molar-refractivity contribution < 1.29 is 0 Å². The van der Waals surface area contributed by atoms with Gasteiger partial charge >= 0.3 is 0 Å². The predicted molar refractivity (Wildman–Crippen MR) is 62.2 cm³/mol. The Morgan fingerprint density at radius 2 is 1.86 bits per heavy atom. The molecule has 0 radical (unpaired) electrons. The lowest BCUT2D eigenvalue weighted by Gasteiger charge is -2.19. The van der Waals surface area contributed by atoms with Crippen molar-refractivity contribution in [2.75, 3.05) is 26.2 Å². The van der Waals surface area contributed by atoms with E-state index in [1.54, 1.807) is 0 Å². The molecule has 0 aromatic carbocycles. The number of likely N-dealkylation sites (tertiary alicyclic amines) is 1. The highest BCUT2D eigenvalue weighted by Gasteiger charge is 2.25. The number of hydrogen-bond donors (Lipinski definition) is 1. The third kappa shape index (κ3) is 3.25. The summed E-state index contributed by atoms with van der Waals surface area (Å²) in [6.07, 6.45) is 2.52. The molecule has 1 aliphatic heterocycles. The van der Waals surface area contributed by atoms with E-state index in [0.717, 1.165) is 24.3 Å². The number of rotatable bonds is 5. The summed E-state index contributed by atoms with van der Waals surface area (Å²) >= 11 is 0. The number of hydrogen-bond acceptors (Lipinski definition) is 2. The van der Waals surface area contributed by atoms with E-state index in [1.165, 1.54) is 32.5 Å². The maximum atomic E-state index is 5.70. The summed E-state index contributed by atoms with van der Waals surface area (Å²) in [5.74, 6) is 2.50. The molecule has 3 unspecified atom stereocenters. The first kappa shape index (κ1) is 12.0. The van der Waals surface area contributed by atoms with Gasteiger partial charge in [-0.1, -0.05) is 27.2 Å². The van der Waals surface area contributed by atoms with Crippen LogP contribution in [0.25, 0.3) is 0 Å². The highest BCUT2D eigenvalue weighted by atomic mass is 15.1. The Morgan fingerprint density at radius 3 is 2.29 bits per heavy atom. The van der Waals surface area contributed by atoms with E-state index in [-0.39, 0.29) is 0 Å². The van der Waals surface area contributed by atoms with E-state index >= 15 is 0 Å². The zero-order chi connectivity index (χ0) is 10.6. The minimum absolute atomic E-state index is 0.737. The van der Waals surface area contributed by atoms with Crippen molar-refractivity contribution in [1.29, 1.82) is 0 Å². The Balaban J connectivity index is 2.19. The SMILES string of the molecule is CCC(CN)CCN1CC(C)C(C)C1. The van der Waals surface area contributed by atoms with Gasteiger partial charge in [0.15, 0.2) is 0 Å². The van der Waals surface area contributed by atoms with Crippen molar-refractivity contribution in [3.8, 4) is 0 Å². The van der Waals surface area contributed by atoms with E-state index in [2.05, 4.69) is 25.7 Å². The van der Waals surface area contributed by atoms with Crippen LogP contribution in [0, 0.1) is 17.8 Å². The zero-order valence-electron chi connectivity index (χ0n) is 10.00. The highest BCUT2D eigenvalue weighted by molar-refractivity contribution is 4.78. The Hall–Kier alpha value is -0.0800. The summed E-state index contributed by atoms with van der Waals surface area (Å²) in [6, 6.07) is 0. The summed E-state index contributed by atoms with van der Waals surface area (Å²) in [4.78, 5) is 2.60. The summed E-state index contributed by atoms with van der Waals surface area (Å²) in [7, 11) is 0. The number of nitrogens with two attached hydrogens (primary N) is 1. The molecule has 1 aliphatic rings. The lowest BCUT2D eigenvalue weighted by atomic mass is 10.0. The average molecular weight is 198 g/mol. The first-order valence-electron chi connectivity index (χ1n) is 6.09. The minimum Gasteiger partial charge on any atom is -0.330 e. The molecule has 2 N–H and O–H groups in total. The van der Waals surface area contributed by atoms with E-state index in [1.807, 2.05) is 0 Å². The van der Waals surface area contributed by atoms with Gasteiger partial charge in [0.1, 0.15) is 0 Å². The molecule has 0 aliphatic carbocycles. The van der Waals surface area contributed by atoms with Crippen LogP contribution in [-0.2, 0) is 0 Å². The van der Waals surface area contributed by atoms with E-state index in [0.29, 0.717) is 0 Å². The molecule has 14 heavy (non-hydrogen) atoms. The molecule has 1 saturated heterocycles. The Labute approximate surface area is 88.8 Å². The van der Waals surface area contributed by atoms with E-state index in [9.17, 15) is 0 Å². The molecule has 1 fully saturated rings. The molecule has 0 spiro atoms. The lowest BCUT2D eigenvalue weighted by Crippen LogP contribution is -2.26. The fraction of sp³-hybridized carbons (Fsp3) is 1.00. The van der Waals surface area contributed by atoms with Crippen LogP contribution in [0.2, 0.25) is 0 Å². The maximum Gasteiger partial charge on any atom is 0.00102 e. The van der Waals surface area contributed by atoms with Crippen LogP contribution < -0.4 is 5.73 Å². The topological polar surface area (TPSA) is 29.3 Å². The van der Waals surface area contributed by atoms with Gasteiger partial charge in [0.2, 0.25) is 0 Å². The smallest absolute Gasteiger partial charge is 0.00102 e. The first-order valence-corrected chi connectivity index (χ1v) is 6.09. The summed E-state index contributed by atoms with van der Waals surface area (Å²) in [5, 5.41) is 0. The van der Waals surface area contributed by atoms with Crippen molar-refractivity contribution in [3.05, 3.63) is 0 Å². The van der Waals surface area contributed by atoms with Crippen LogP contribution in [0.15, 0.2) is 0 Å². The third-order valence-corrected chi connectivity index (χ3v) is 3.83. The van der Waals surface area contributed by atoms with Gasteiger partial charge in [-0.25, -0.2) is 0 Å². The summed E-state index contributed by atoms with van der Waals surface area (Å²) < 4.78 is 0. The van der Waals surface area contributed by atoms with Crippen LogP contribution in [0.5, 0.6) is 0 Å². The molecule has 0 saturated carbocycles. The second-order valence-electron chi connectivity index (χ2n) is 5.01. The Bertz CT molecular complexity index is 144. The molecular formula is C12H26N2. The van der Waals surface area contributed by atoms with Gasteiger partial charge in [-0.15, -0.1) is 0 Å². The second kappa shape index (κ2) is 5.72. The molecule has 0 bridgehead atoms. The largest absolute Gasteiger partial charge is 0.330 e. The Morgan fingerprint density at radius 1 is 1.29 bits per heavy atom. The van der Waals surface area contributed by atoms with Gasteiger partial charge in [0, 0.05) is 13.1 Å². The van der Waals surface area contributed by atoms with Gasteiger partial charge in [-0.3, -0.25) is 0 Å². The van der Waals surface area contributed by atoms with Gasteiger partial charge in [0.25, 0.3) is 0 Å². The molecule has 84 valence electrons. The molecule has 2 nitrogen and oxygen atoms in total. The average Bonchev–Trinajstić information content (AvgIpc) is 2.48. The van der Waals surface area contributed by atoms with E-state index in [4.69, 9.17) is 5.73 Å². The Kier molecular flexibility index (Phi) is 4.90. The van der Waals surface area contributed by atoms with Crippen LogP contribution in [-0.4, -0.2) is 31.1 Å². The maximum absolute atomic E-state index is 5.70. The fourth-order valence-corrected chi connectivity index (χ4v) is 2.29. The third-order valence-electron chi connectivity index (χ3n) is 3.83. The number of nitrogens with zero attached hydrogens (tertiary/aromatic N) is 1. The van der Waals surface area contributed by atoms with Crippen molar-refractivity contribution in [2.45, 2.75) is 33.6 Å². The van der Waals surface area contributed by atoms with Crippen molar-refractivity contribution in [2.24, 2.45) is 23.5 Å².